The minimum atomic E-state index is -0.615. The van der Waals surface area contributed by atoms with Crippen LogP contribution in [0.1, 0.15) is 115 Å². The van der Waals surface area contributed by atoms with E-state index in [1.165, 1.54) is 37.4 Å². The fourth-order valence-corrected chi connectivity index (χ4v) is 10.8. The first kappa shape index (κ1) is 68.6. The van der Waals surface area contributed by atoms with Gasteiger partial charge in [0.05, 0.1) is 75.7 Å². The summed E-state index contributed by atoms with van der Waals surface area (Å²) in [5, 5.41) is 23.2. The molecule has 9 heterocycles. The average molecular weight is 1540 g/mol. The third-order valence-electron chi connectivity index (χ3n) is 15.3. The molecule has 13 rings (SSSR count). The number of para-hydroxylation sites is 2. The number of Topliss-reactive ketones (excluding diaryl/α,β-unsaturated/α-hetero) is 1. The number of aromatic nitrogens is 16. The van der Waals surface area contributed by atoms with E-state index in [-0.39, 0.29) is 67.6 Å². The minimum absolute atomic E-state index is 0. The van der Waals surface area contributed by atoms with Crippen molar-refractivity contribution >= 4 is 119 Å². The summed E-state index contributed by atoms with van der Waals surface area (Å²) in [5.41, 5.74) is 6.41. The van der Waals surface area contributed by atoms with E-state index in [0.29, 0.717) is 119 Å². The summed E-state index contributed by atoms with van der Waals surface area (Å²) < 4.78 is 16.3. The van der Waals surface area contributed by atoms with Crippen LogP contribution in [0.15, 0.2) is 157 Å². The van der Waals surface area contributed by atoms with Crippen molar-refractivity contribution in [1.82, 2.24) is 78.5 Å². The molecule has 0 spiro atoms. The number of H-pyrrole nitrogens is 1. The Morgan fingerprint density at radius 1 is 0.674 bits per heavy atom. The van der Waals surface area contributed by atoms with E-state index in [2.05, 4.69) is 116 Å². The zero-order chi connectivity index (χ0) is 65.5. The summed E-state index contributed by atoms with van der Waals surface area (Å²) >= 11 is 4.74. The summed E-state index contributed by atoms with van der Waals surface area (Å²) in [6, 6.07) is 29.2. The van der Waals surface area contributed by atoms with Gasteiger partial charge in [-0.2, -0.15) is 0 Å². The van der Waals surface area contributed by atoms with Crippen molar-refractivity contribution < 1.29 is 33.6 Å². The number of nitrogens with one attached hydrogen (secondary N) is 5. The van der Waals surface area contributed by atoms with Crippen molar-refractivity contribution in [3.8, 4) is 11.4 Å². The van der Waals surface area contributed by atoms with Gasteiger partial charge in [-0.3, -0.25) is 28.1 Å². The number of anilines is 4. The van der Waals surface area contributed by atoms with Crippen LogP contribution in [0.3, 0.4) is 0 Å². The topological polar surface area (TPSA) is 340 Å². The zero-order valence-corrected chi connectivity index (χ0v) is 57.7. The molecule has 95 heavy (non-hydrogen) atoms. The number of ether oxygens (including phenoxy) is 2. The van der Waals surface area contributed by atoms with E-state index >= 15 is 0 Å². The number of fused-ring (bicyclic) bond motifs is 4. The Bertz CT molecular complexity index is 4720. The Morgan fingerprint density at radius 2 is 1.21 bits per heavy atom. The Kier molecular flexibility index (Phi) is 23.6. The number of esters is 1. The molecule has 0 aliphatic carbocycles. The maximum absolute atomic E-state index is 14.6. The van der Waals surface area contributed by atoms with E-state index in [9.17, 15) is 19.2 Å². The second kappa shape index (κ2) is 32.7. The first-order valence-corrected chi connectivity index (χ1v) is 39.1. The SMILES string of the molecule is CCOC(=O)c1cnc(NCc2cccc3nc([C@H](CC)Nc4ncnc5c4ncn5C4CCCCO4)n(-c4ccccc4)c(=O)c23)nc1.CC[C@H](Nc1ncnc2nc[nH]c12)c1nc2cccc(CNc3ncc(C(=O)CO)cn3)c2c(=O)n1-c1ccccc1.[CH3-].[I][V][I]. The molecule has 0 saturated carbocycles. The standard InChI is InChI=1S/C35H36N10O4.C29H26N10O3.CH3.2HI.V/c1-3-25(42-30-29-32(40-20-39-30)44(21-41-29)27-15-8-9-16-49-27)31-43-26-14-10-11-22(28(26)33(46)45(31)24-12-6-5-7-13-24)17-36-35-37-18-23(19-38-35)34(47)48-4-2;1-2-20(37-26-24-25(34-15-33-24)35-16-36-26)27-38-21-10-6-7-17(11-30-29-31-12-18(13-32-29)22(41)14-40)23(21)28(42)39(27)19-8-4-3-5-9-19;;;;/h5-7,10-14,18-21,25,27H,3-4,8-9,15-17H2,1-2H3,(H,36,37,38)(H,39,40,42);3-10,12-13,15-16,20,40H,2,11,14H2,1H3,(H,30,31,32)(H2,33,34,35,36,37);1H3;2*1H;/q;;-1;;;+2/p-2/t25-,27?;20-;;;;/m00..../s1. The van der Waals surface area contributed by atoms with Gasteiger partial charge in [0, 0.05) is 44.5 Å². The number of aliphatic hydroxyl groups excluding tert-OH is 1. The Labute approximate surface area is 573 Å². The third kappa shape index (κ3) is 15.6. The van der Waals surface area contributed by atoms with Crippen LogP contribution >= 0.6 is 40.0 Å². The van der Waals surface area contributed by atoms with Crippen molar-refractivity contribution in [2.75, 3.05) is 41.1 Å². The van der Waals surface area contributed by atoms with Gasteiger partial charge in [-0.25, -0.2) is 64.6 Å². The quantitative estimate of drug-likeness (QED) is 0.0168. The van der Waals surface area contributed by atoms with Gasteiger partial charge in [-0.05, 0) is 86.6 Å². The summed E-state index contributed by atoms with van der Waals surface area (Å²) in [4.78, 5) is 109. The Hall–Kier alpha value is -9.28. The van der Waals surface area contributed by atoms with Crippen LogP contribution < -0.4 is 32.4 Å². The molecule has 0 bridgehead atoms. The van der Waals surface area contributed by atoms with Crippen molar-refractivity contribution in [2.24, 2.45) is 0 Å². The van der Waals surface area contributed by atoms with Crippen LogP contribution in [-0.2, 0) is 32.0 Å². The summed E-state index contributed by atoms with van der Waals surface area (Å²) in [7, 11) is 0.628. The van der Waals surface area contributed by atoms with Crippen LogP contribution in [-0.4, -0.2) is 115 Å². The molecule has 1 aliphatic rings. The molecule has 0 amide bonds. The molecular weight excluding hydrogens is 1480 g/mol. The molecule has 1 saturated heterocycles. The number of benzene rings is 4. The van der Waals surface area contributed by atoms with E-state index in [0.717, 1.165) is 24.8 Å². The number of nitrogens with zero attached hydrogens (tertiary/aromatic N) is 15. The van der Waals surface area contributed by atoms with Gasteiger partial charge < -0.3 is 48.3 Å². The molecule has 27 nitrogen and oxygen atoms in total. The molecular formula is C65H65I2N20O7V-. The van der Waals surface area contributed by atoms with Gasteiger partial charge in [0.25, 0.3) is 11.1 Å². The van der Waals surface area contributed by atoms with Gasteiger partial charge in [0.2, 0.25) is 11.9 Å². The summed E-state index contributed by atoms with van der Waals surface area (Å²) in [5.74, 6) is 1.81. The second-order valence-corrected chi connectivity index (χ2v) is 32.9. The third-order valence-corrected chi connectivity index (χ3v) is 15.3. The summed E-state index contributed by atoms with van der Waals surface area (Å²) in [6.07, 6.45) is 15.9. The molecule has 12 aromatic rings. The molecule has 6 N–H and O–H groups in total. The van der Waals surface area contributed by atoms with Crippen molar-refractivity contribution in [3.05, 3.63) is 209 Å². The van der Waals surface area contributed by atoms with Crippen LogP contribution in [0, 0.1) is 7.43 Å². The van der Waals surface area contributed by atoms with Crippen molar-refractivity contribution in [2.45, 2.75) is 84.3 Å². The molecule has 1 fully saturated rings. The average Bonchev–Trinajstić information content (AvgIpc) is 1.79. The number of hydrogen-bond donors (Lipinski definition) is 6. The number of ketones is 1. The normalized spacial score (nSPS) is 13.3. The molecule has 1 aliphatic heterocycles. The molecule has 8 aromatic heterocycles. The number of hydrogen-bond acceptors (Lipinski definition) is 23. The predicted molar refractivity (Wildman–Crippen MR) is 374 cm³/mol. The monoisotopic (exact) mass is 1540 g/mol. The van der Waals surface area contributed by atoms with Crippen molar-refractivity contribution in [1.29, 1.82) is 0 Å². The summed E-state index contributed by atoms with van der Waals surface area (Å²) in [6.45, 7) is 6.62. The van der Waals surface area contributed by atoms with E-state index in [1.54, 1.807) is 28.7 Å². The van der Waals surface area contributed by atoms with Gasteiger partial charge in [0.1, 0.15) is 42.7 Å². The molecule has 0 radical (unpaired) electrons. The Morgan fingerprint density at radius 3 is 1.74 bits per heavy atom. The fraction of sp³-hybridized carbons (Fsp3) is 0.246. The van der Waals surface area contributed by atoms with Crippen molar-refractivity contribution in [3.63, 3.8) is 0 Å². The van der Waals surface area contributed by atoms with Gasteiger partial charge >= 0.3 is 55.4 Å². The molecule has 487 valence electrons. The maximum atomic E-state index is 14.6. The first-order chi connectivity index (χ1) is 46.0. The number of halogens is 2. The van der Waals surface area contributed by atoms with Crippen LogP contribution in [0.4, 0.5) is 23.5 Å². The number of rotatable bonds is 21. The number of carbonyl (C=O) groups is 2. The van der Waals surface area contributed by atoms with Crippen LogP contribution in [0.5, 0.6) is 0 Å². The number of carbonyl (C=O) groups excluding carboxylic acids is 2. The molecule has 3 atom stereocenters. The molecule has 30 heteroatoms. The van der Waals surface area contributed by atoms with Gasteiger partial charge in [-0.1, -0.05) is 74.5 Å². The fourth-order valence-electron chi connectivity index (χ4n) is 10.8. The van der Waals surface area contributed by atoms with E-state index in [1.807, 2.05) is 115 Å². The number of aromatic amines is 1. The van der Waals surface area contributed by atoms with Crippen LogP contribution in [0.25, 0.3) is 55.5 Å². The number of aliphatic hydroxyl groups is 1. The Balaban J connectivity index is 0.000000199. The first-order valence-electron chi connectivity index (χ1n) is 30.1. The number of imidazole rings is 2. The van der Waals surface area contributed by atoms with E-state index in [4.69, 9.17) is 24.5 Å². The molecule has 1 unspecified atom stereocenters. The van der Waals surface area contributed by atoms with Gasteiger partial charge in [-0.15, -0.1) is 0 Å². The van der Waals surface area contributed by atoms with Gasteiger partial charge in [0.15, 0.2) is 34.2 Å². The molecule has 4 aromatic carbocycles. The predicted octanol–water partition coefficient (Wildman–Crippen LogP) is 10.8. The van der Waals surface area contributed by atoms with Crippen LogP contribution in [0.2, 0.25) is 0 Å². The zero-order valence-electron chi connectivity index (χ0n) is 52.0. The second-order valence-electron chi connectivity index (χ2n) is 21.1. The van der Waals surface area contributed by atoms with E-state index < -0.39 is 24.4 Å².